The van der Waals surface area contributed by atoms with Crippen molar-refractivity contribution in [3.05, 3.63) is 77.9 Å². The minimum atomic E-state index is -0.966. The highest BCUT2D eigenvalue weighted by Crippen LogP contribution is 2.19. The Hall–Kier alpha value is -3.87. The van der Waals surface area contributed by atoms with E-state index in [0.29, 0.717) is 17.7 Å². The zero-order chi connectivity index (χ0) is 23.8. The van der Waals surface area contributed by atoms with Crippen molar-refractivity contribution < 1.29 is 19.5 Å². The third-order valence-electron chi connectivity index (χ3n) is 5.11. The number of fused-ring (bicyclic) bond motifs is 1. The van der Waals surface area contributed by atoms with Gasteiger partial charge >= 0.3 is 5.97 Å². The Labute approximate surface area is 193 Å². The third kappa shape index (κ3) is 7.07. The lowest BCUT2D eigenvalue weighted by Crippen LogP contribution is -2.43. The van der Waals surface area contributed by atoms with Crippen LogP contribution in [0, 0.1) is 0 Å². The van der Waals surface area contributed by atoms with E-state index in [1.54, 1.807) is 24.3 Å². The van der Waals surface area contributed by atoms with Crippen molar-refractivity contribution in [2.24, 2.45) is 0 Å². The molecule has 0 aromatic heterocycles. The Bertz CT molecular complexity index is 1130. The molecule has 172 valence electrons. The molecule has 0 unspecified atom stereocenters. The van der Waals surface area contributed by atoms with Crippen LogP contribution < -0.4 is 16.0 Å². The summed E-state index contributed by atoms with van der Waals surface area (Å²) in [6, 6.07) is 20.6. The number of hydrogen-bond donors (Lipinski definition) is 4. The number of nitrogens with one attached hydrogen (secondary N) is 3. The molecule has 0 aliphatic carbocycles. The van der Waals surface area contributed by atoms with Crippen LogP contribution in [-0.4, -0.2) is 41.5 Å². The summed E-state index contributed by atoms with van der Waals surface area (Å²) in [6.07, 6.45) is 0.369. The molecular formula is C26H29N3O4. The van der Waals surface area contributed by atoms with Gasteiger partial charge in [0.25, 0.3) is 5.91 Å². The summed E-state index contributed by atoms with van der Waals surface area (Å²) >= 11 is 0. The van der Waals surface area contributed by atoms with Crippen LogP contribution in [0.5, 0.6) is 0 Å². The molecule has 0 aliphatic rings. The number of anilines is 1. The van der Waals surface area contributed by atoms with E-state index in [9.17, 15) is 14.4 Å². The first-order chi connectivity index (χ1) is 15.8. The molecule has 0 bridgehead atoms. The molecule has 0 saturated carbocycles. The second-order valence-electron chi connectivity index (χ2n) is 8.22. The van der Waals surface area contributed by atoms with E-state index in [1.165, 1.54) is 0 Å². The van der Waals surface area contributed by atoms with Crippen LogP contribution in [0.15, 0.2) is 66.7 Å². The van der Waals surface area contributed by atoms with Crippen LogP contribution in [0.2, 0.25) is 0 Å². The Balaban J connectivity index is 1.72. The van der Waals surface area contributed by atoms with E-state index >= 15 is 0 Å². The molecule has 4 N–H and O–H groups in total. The van der Waals surface area contributed by atoms with Crippen molar-refractivity contribution in [2.75, 3.05) is 11.9 Å². The molecule has 3 aromatic rings. The lowest BCUT2D eigenvalue weighted by Gasteiger charge is -2.21. The standard InChI is InChI=1S/C26H29N3O4/c1-17(2)28-26(33)23(16-18-7-8-19-5-3-4-6-21(19)15-18)29-22-11-9-20(10-12-22)25(32)27-14-13-24(30)31/h3-12,15,17,23,29H,13-14,16H2,1-2H3,(H,27,32)(H,28,33)(H,30,31)/t23-/m0/s1. The number of amides is 2. The molecule has 3 rings (SSSR count). The average Bonchev–Trinajstić information content (AvgIpc) is 2.78. The summed E-state index contributed by atoms with van der Waals surface area (Å²) in [4.78, 5) is 35.6. The fraction of sp³-hybridized carbons (Fsp3) is 0.269. The minimum Gasteiger partial charge on any atom is -0.481 e. The molecule has 2 amide bonds. The maximum absolute atomic E-state index is 12.9. The normalized spacial score (nSPS) is 11.7. The molecule has 0 saturated heterocycles. The molecule has 33 heavy (non-hydrogen) atoms. The van der Waals surface area contributed by atoms with Gasteiger partial charge in [-0.3, -0.25) is 14.4 Å². The lowest BCUT2D eigenvalue weighted by molar-refractivity contribution is -0.136. The maximum Gasteiger partial charge on any atom is 0.305 e. The number of benzene rings is 3. The van der Waals surface area contributed by atoms with Gasteiger partial charge in [0.05, 0.1) is 6.42 Å². The second kappa shape index (κ2) is 11.1. The molecule has 1 atom stereocenters. The number of rotatable bonds is 10. The van der Waals surface area contributed by atoms with Gasteiger partial charge in [0, 0.05) is 30.3 Å². The van der Waals surface area contributed by atoms with Gasteiger partial charge in [-0.2, -0.15) is 0 Å². The molecule has 0 heterocycles. The van der Waals surface area contributed by atoms with Gasteiger partial charge in [0.1, 0.15) is 6.04 Å². The smallest absolute Gasteiger partial charge is 0.305 e. The summed E-state index contributed by atoms with van der Waals surface area (Å²) in [5.41, 5.74) is 2.17. The van der Waals surface area contributed by atoms with Crippen molar-refractivity contribution in [3.8, 4) is 0 Å². The quantitative estimate of drug-likeness (QED) is 0.380. The van der Waals surface area contributed by atoms with Crippen LogP contribution in [0.3, 0.4) is 0 Å². The third-order valence-corrected chi connectivity index (χ3v) is 5.11. The van der Waals surface area contributed by atoms with Crippen LogP contribution in [0.25, 0.3) is 10.8 Å². The Morgan fingerprint density at radius 2 is 1.61 bits per heavy atom. The monoisotopic (exact) mass is 447 g/mol. The van der Waals surface area contributed by atoms with Gasteiger partial charge in [0.2, 0.25) is 5.91 Å². The maximum atomic E-state index is 12.9. The summed E-state index contributed by atoms with van der Waals surface area (Å²) in [5, 5.41) is 19.8. The molecule has 0 fully saturated rings. The molecule has 0 radical (unpaired) electrons. The predicted molar refractivity (Wildman–Crippen MR) is 129 cm³/mol. The zero-order valence-electron chi connectivity index (χ0n) is 18.8. The first kappa shape index (κ1) is 23.8. The number of carbonyl (C=O) groups excluding carboxylic acids is 2. The zero-order valence-corrected chi connectivity index (χ0v) is 18.8. The Morgan fingerprint density at radius 1 is 0.909 bits per heavy atom. The molecule has 7 heteroatoms. The van der Waals surface area contributed by atoms with Gasteiger partial charge < -0.3 is 21.1 Å². The first-order valence-electron chi connectivity index (χ1n) is 11.0. The number of carbonyl (C=O) groups is 3. The van der Waals surface area contributed by atoms with Crippen molar-refractivity contribution in [1.29, 1.82) is 0 Å². The highest BCUT2D eigenvalue weighted by molar-refractivity contribution is 5.95. The SMILES string of the molecule is CC(C)NC(=O)[C@H](Cc1ccc2ccccc2c1)Nc1ccc(C(=O)NCCC(=O)O)cc1. The van der Waals surface area contributed by atoms with E-state index in [-0.39, 0.29) is 30.8 Å². The van der Waals surface area contributed by atoms with E-state index in [4.69, 9.17) is 5.11 Å². The van der Waals surface area contributed by atoms with Crippen molar-refractivity contribution in [3.63, 3.8) is 0 Å². The van der Waals surface area contributed by atoms with Gasteiger partial charge in [-0.25, -0.2) is 0 Å². The van der Waals surface area contributed by atoms with Gasteiger partial charge in [-0.1, -0.05) is 42.5 Å². The van der Waals surface area contributed by atoms with E-state index < -0.39 is 12.0 Å². The molecular weight excluding hydrogens is 418 g/mol. The Kier molecular flexibility index (Phi) is 8.02. The second-order valence-corrected chi connectivity index (χ2v) is 8.22. The Morgan fingerprint density at radius 3 is 2.27 bits per heavy atom. The van der Waals surface area contributed by atoms with Gasteiger partial charge in [-0.05, 0) is 54.4 Å². The molecule has 0 aliphatic heterocycles. The predicted octanol–water partition coefficient (Wildman–Crippen LogP) is 3.59. The largest absolute Gasteiger partial charge is 0.481 e. The van der Waals surface area contributed by atoms with Crippen molar-refractivity contribution in [2.45, 2.75) is 38.8 Å². The van der Waals surface area contributed by atoms with Gasteiger partial charge in [-0.15, -0.1) is 0 Å². The average molecular weight is 448 g/mol. The number of carboxylic acids is 1. The summed E-state index contributed by atoms with van der Waals surface area (Å²) in [5.74, 6) is -1.41. The topological polar surface area (TPSA) is 108 Å². The highest BCUT2D eigenvalue weighted by Gasteiger charge is 2.20. The number of carboxylic acid groups (broad SMARTS) is 1. The number of hydrogen-bond acceptors (Lipinski definition) is 4. The lowest BCUT2D eigenvalue weighted by atomic mass is 10.0. The van der Waals surface area contributed by atoms with E-state index in [0.717, 1.165) is 16.3 Å². The van der Waals surface area contributed by atoms with E-state index in [2.05, 4.69) is 40.2 Å². The van der Waals surface area contributed by atoms with Crippen LogP contribution in [-0.2, 0) is 16.0 Å². The summed E-state index contributed by atoms with van der Waals surface area (Å²) < 4.78 is 0. The van der Waals surface area contributed by atoms with Crippen LogP contribution in [0.1, 0.15) is 36.2 Å². The van der Waals surface area contributed by atoms with Crippen LogP contribution >= 0.6 is 0 Å². The van der Waals surface area contributed by atoms with E-state index in [1.807, 2.05) is 32.0 Å². The molecule has 7 nitrogen and oxygen atoms in total. The molecule has 3 aromatic carbocycles. The summed E-state index contributed by atoms with van der Waals surface area (Å²) in [6.45, 7) is 3.91. The molecule has 0 spiro atoms. The summed E-state index contributed by atoms with van der Waals surface area (Å²) in [7, 11) is 0. The van der Waals surface area contributed by atoms with Gasteiger partial charge in [0.15, 0.2) is 0 Å². The van der Waals surface area contributed by atoms with Crippen molar-refractivity contribution >= 4 is 34.2 Å². The number of aliphatic carboxylic acids is 1. The van der Waals surface area contributed by atoms with Crippen molar-refractivity contribution in [1.82, 2.24) is 10.6 Å². The fourth-order valence-electron chi connectivity index (χ4n) is 3.50. The van der Waals surface area contributed by atoms with Crippen LogP contribution in [0.4, 0.5) is 5.69 Å². The minimum absolute atomic E-state index is 0.00952. The highest BCUT2D eigenvalue weighted by atomic mass is 16.4. The first-order valence-corrected chi connectivity index (χ1v) is 11.0. The fourth-order valence-corrected chi connectivity index (χ4v) is 3.50.